The molecule has 5 rings (SSSR count). The van der Waals surface area contributed by atoms with E-state index in [0.717, 1.165) is 19.3 Å². The predicted octanol–water partition coefficient (Wildman–Crippen LogP) is 8.04. The number of carbonyl (C=O) groups excluding carboxylic acids is 1. The monoisotopic (exact) mass is 497 g/mol. The van der Waals surface area contributed by atoms with Crippen molar-refractivity contribution in [2.24, 2.45) is 61.8 Å². The van der Waals surface area contributed by atoms with Gasteiger partial charge in [-0.2, -0.15) is 0 Å². The normalized spacial score (nSPS) is 51.5. The maximum Gasteiger partial charge on any atom is 0.302 e. The summed E-state index contributed by atoms with van der Waals surface area (Å²) in [5.41, 5.74) is 2.24. The first-order chi connectivity index (χ1) is 16.8. The zero-order valence-corrected chi connectivity index (χ0v) is 24.0. The van der Waals surface area contributed by atoms with E-state index in [1.54, 1.807) is 6.92 Å². The minimum atomic E-state index is -0.133. The average molecular weight is 498 g/mol. The molecule has 0 spiro atoms. The van der Waals surface area contributed by atoms with Crippen LogP contribution in [0.5, 0.6) is 0 Å². The van der Waals surface area contributed by atoms with Gasteiger partial charge in [-0.05, 0) is 117 Å². The number of nitrogens with zero attached hydrogens (tertiary/aromatic N) is 1. The fourth-order valence-electron chi connectivity index (χ4n) is 11.9. The summed E-state index contributed by atoms with van der Waals surface area (Å²) in [7, 11) is 0. The number of esters is 1. The number of fused-ring (bicyclic) bond motifs is 7. The summed E-state index contributed by atoms with van der Waals surface area (Å²) in [6.45, 7) is 20.9. The van der Waals surface area contributed by atoms with Crippen molar-refractivity contribution in [2.75, 3.05) is 0 Å². The average Bonchev–Trinajstić information content (AvgIpc) is 3.16. The van der Waals surface area contributed by atoms with Crippen molar-refractivity contribution in [1.82, 2.24) is 0 Å². The van der Waals surface area contributed by atoms with Crippen molar-refractivity contribution in [3.05, 3.63) is 12.2 Å². The van der Waals surface area contributed by atoms with Crippen molar-refractivity contribution in [3.63, 3.8) is 0 Å². The van der Waals surface area contributed by atoms with Crippen molar-refractivity contribution >= 4 is 12.2 Å². The number of carbonyl (C=O) groups is 1. The molecule has 5 aliphatic carbocycles. The van der Waals surface area contributed by atoms with Crippen LogP contribution in [0.15, 0.2) is 17.3 Å². The lowest BCUT2D eigenvalue weighted by molar-refractivity contribution is -0.246. The number of ether oxygens (including phenoxy) is 1. The van der Waals surface area contributed by atoms with E-state index in [1.807, 2.05) is 6.21 Å². The molecule has 5 fully saturated rings. The van der Waals surface area contributed by atoms with Crippen LogP contribution in [0, 0.1) is 56.7 Å². The highest BCUT2D eigenvalue weighted by atomic mass is 16.5. The van der Waals surface area contributed by atoms with E-state index in [4.69, 9.17) is 4.74 Å². The van der Waals surface area contributed by atoms with E-state index in [-0.39, 0.29) is 33.7 Å². The minimum absolute atomic E-state index is 0.00750. The Labute approximate surface area is 219 Å². The fraction of sp³-hybridized carbons (Fsp3) is 0.875. The smallest absolute Gasteiger partial charge is 0.302 e. The molecule has 0 bridgehead atoms. The maximum atomic E-state index is 11.9. The van der Waals surface area contributed by atoms with Crippen molar-refractivity contribution in [2.45, 2.75) is 119 Å². The Bertz CT molecular complexity index is 955. The molecule has 4 heteroatoms. The summed E-state index contributed by atoms with van der Waals surface area (Å²) >= 11 is 0. The second kappa shape index (κ2) is 8.34. The molecule has 0 amide bonds. The topological polar surface area (TPSA) is 58.9 Å². The fourth-order valence-corrected chi connectivity index (χ4v) is 11.9. The van der Waals surface area contributed by atoms with Crippen LogP contribution in [0.2, 0.25) is 0 Å². The Balaban J connectivity index is 1.52. The predicted molar refractivity (Wildman–Crippen MR) is 145 cm³/mol. The van der Waals surface area contributed by atoms with Crippen LogP contribution in [0.1, 0.15) is 113 Å². The second-order valence-corrected chi connectivity index (χ2v) is 15.1. The Morgan fingerprint density at radius 2 is 1.61 bits per heavy atom. The molecule has 0 heterocycles. The molecule has 0 radical (unpaired) electrons. The van der Waals surface area contributed by atoms with Crippen LogP contribution in [0.3, 0.4) is 0 Å². The van der Waals surface area contributed by atoms with Crippen LogP contribution in [-0.2, 0) is 9.53 Å². The lowest BCUT2D eigenvalue weighted by Crippen LogP contribution is -2.66. The van der Waals surface area contributed by atoms with Gasteiger partial charge in [-0.15, -0.1) is 5.16 Å². The van der Waals surface area contributed by atoms with Gasteiger partial charge in [-0.1, -0.05) is 46.8 Å². The number of rotatable bonds is 3. The molecule has 10 atom stereocenters. The summed E-state index contributed by atoms with van der Waals surface area (Å²) in [5.74, 6) is 2.89. The van der Waals surface area contributed by atoms with E-state index >= 15 is 0 Å². The molecule has 36 heavy (non-hydrogen) atoms. The lowest BCUT2D eigenvalue weighted by atomic mass is 9.32. The Morgan fingerprint density at radius 1 is 0.889 bits per heavy atom. The molecule has 5 aliphatic rings. The Morgan fingerprint density at radius 3 is 2.25 bits per heavy atom. The molecule has 0 aliphatic heterocycles. The molecule has 0 aromatic heterocycles. The highest BCUT2D eigenvalue weighted by Gasteiger charge is 2.71. The van der Waals surface area contributed by atoms with E-state index < -0.39 is 0 Å². The zero-order chi connectivity index (χ0) is 26.3. The summed E-state index contributed by atoms with van der Waals surface area (Å²) < 4.78 is 5.90. The third-order valence-corrected chi connectivity index (χ3v) is 13.7. The van der Waals surface area contributed by atoms with Crippen LogP contribution >= 0.6 is 0 Å². The number of oxime groups is 1. The SMILES string of the molecule is C=C(C)[C@@H]1CC[C@]2(/C=N\O)CC[C@]3(C)[C@H](CC[C@@H]4[C@@]5(C)CC[C@H](OC(C)=O)C(C)(C)[C@@H]5CC[C@]43C)[C@H]12. The first kappa shape index (κ1) is 26.3. The third kappa shape index (κ3) is 3.30. The number of hydrogen-bond donors (Lipinski definition) is 1. The van der Waals surface area contributed by atoms with Crippen LogP contribution in [0.4, 0.5) is 0 Å². The third-order valence-electron chi connectivity index (χ3n) is 13.7. The molecule has 0 aromatic carbocycles. The standard InChI is InChI=1S/C32H51NO3/c1-20(2)22-11-16-32(19-33-35)18-17-30(7)23(27(22)32)9-10-25-29(6)14-13-26(36-21(3)34)28(4,5)24(29)12-15-31(25,30)8/h19,22-27,35H,1,9-18H2,2-8H3/b33-19-/t22-,23+,24-,25+,26-,27-,29-,30+,31+,32+/m0/s1. The summed E-state index contributed by atoms with van der Waals surface area (Å²) in [4.78, 5) is 11.9. The van der Waals surface area contributed by atoms with Gasteiger partial charge in [0.2, 0.25) is 0 Å². The van der Waals surface area contributed by atoms with Crippen molar-refractivity contribution in [1.29, 1.82) is 0 Å². The largest absolute Gasteiger partial charge is 0.462 e. The van der Waals surface area contributed by atoms with Gasteiger partial charge >= 0.3 is 5.97 Å². The zero-order valence-electron chi connectivity index (χ0n) is 24.0. The number of hydrogen-bond acceptors (Lipinski definition) is 4. The van der Waals surface area contributed by atoms with Gasteiger partial charge in [-0.3, -0.25) is 4.79 Å². The van der Waals surface area contributed by atoms with E-state index in [2.05, 4.69) is 53.3 Å². The quantitative estimate of drug-likeness (QED) is 0.141. The van der Waals surface area contributed by atoms with E-state index in [9.17, 15) is 10.0 Å². The Hall–Kier alpha value is -1.32. The number of allylic oxidation sites excluding steroid dienone is 1. The van der Waals surface area contributed by atoms with E-state index in [0.29, 0.717) is 35.0 Å². The summed E-state index contributed by atoms with van der Waals surface area (Å²) in [5, 5.41) is 13.4. The molecular weight excluding hydrogens is 446 g/mol. The molecular formula is C32H51NO3. The highest BCUT2D eigenvalue weighted by molar-refractivity contribution is 5.67. The molecule has 0 aromatic rings. The first-order valence-electron chi connectivity index (χ1n) is 14.8. The van der Waals surface area contributed by atoms with E-state index in [1.165, 1.54) is 50.5 Å². The molecule has 0 saturated heterocycles. The van der Waals surface area contributed by atoms with Crippen LogP contribution in [0.25, 0.3) is 0 Å². The van der Waals surface area contributed by atoms with Gasteiger partial charge in [-0.25, -0.2) is 0 Å². The lowest BCUT2D eigenvalue weighted by Gasteiger charge is -2.72. The van der Waals surface area contributed by atoms with Crippen LogP contribution in [-0.4, -0.2) is 23.5 Å². The molecule has 0 unspecified atom stereocenters. The summed E-state index contributed by atoms with van der Waals surface area (Å²) in [6.07, 6.45) is 13.9. The van der Waals surface area contributed by atoms with Crippen LogP contribution < -0.4 is 0 Å². The molecule has 202 valence electrons. The van der Waals surface area contributed by atoms with Crippen molar-refractivity contribution < 1.29 is 14.7 Å². The first-order valence-corrected chi connectivity index (χ1v) is 14.8. The second-order valence-electron chi connectivity index (χ2n) is 15.1. The minimum Gasteiger partial charge on any atom is -0.462 e. The molecule has 1 N–H and O–H groups in total. The van der Waals surface area contributed by atoms with Gasteiger partial charge < -0.3 is 9.94 Å². The Kier molecular flexibility index (Phi) is 6.09. The molecule has 5 saturated carbocycles. The molecule has 4 nitrogen and oxygen atoms in total. The maximum absolute atomic E-state index is 11.9. The van der Waals surface area contributed by atoms with Crippen molar-refractivity contribution in [3.8, 4) is 0 Å². The highest BCUT2D eigenvalue weighted by Crippen LogP contribution is 2.77. The summed E-state index contributed by atoms with van der Waals surface area (Å²) in [6, 6.07) is 0. The van der Waals surface area contributed by atoms with Gasteiger partial charge in [0.05, 0.1) is 6.21 Å². The van der Waals surface area contributed by atoms with Gasteiger partial charge in [0.25, 0.3) is 0 Å². The van der Waals surface area contributed by atoms with Gasteiger partial charge in [0.15, 0.2) is 0 Å². The van der Waals surface area contributed by atoms with Gasteiger partial charge in [0, 0.05) is 17.8 Å². The van der Waals surface area contributed by atoms with Gasteiger partial charge in [0.1, 0.15) is 6.10 Å².